The van der Waals surface area contributed by atoms with Gasteiger partial charge in [-0.15, -0.1) is 0 Å². The van der Waals surface area contributed by atoms with Gasteiger partial charge in [-0.05, 0) is 13.0 Å². The number of hydrogen-bond donors (Lipinski definition) is 2. The van der Waals surface area contributed by atoms with Crippen molar-refractivity contribution in [2.75, 3.05) is 11.9 Å². The molecule has 0 radical (unpaired) electrons. The highest BCUT2D eigenvalue weighted by atomic mass is 35.5. The van der Waals surface area contributed by atoms with Crippen LogP contribution in [0.4, 0.5) is 49.2 Å². The summed E-state index contributed by atoms with van der Waals surface area (Å²) in [5.74, 6) is -0.721. The molecule has 0 aliphatic carbocycles. The Morgan fingerprint density at radius 1 is 1.11 bits per heavy atom. The minimum atomic E-state index is -5.27. The molecular formula is C15H11Cl2F6N4O7P. The molecule has 2 N–H and O–H groups in total. The Morgan fingerprint density at radius 3 is 2.03 bits per heavy atom. The maximum Gasteiger partial charge on any atom is 0.418 e. The topological polar surface area (TPSA) is 158 Å². The summed E-state index contributed by atoms with van der Waals surface area (Å²) in [5, 5.41) is 22.1. The summed E-state index contributed by atoms with van der Waals surface area (Å²) >= 11 is 11.1. The van der Waals surface area contributed by atoms with Crippen LogP contribution in [0.15, 0.2) is 18.3 Å². The summed E-state index contributed by atoms with van der Waals surface area (Å²) in [4.78, 5) is 30.8. The average Bonchev–Trinajstić information content (AvgIpc) is 2.67. The molecule has 2 aromatic rings. The van der Waals surface area contributed by atoms with Crippen molar-refractivity contribution >= 4 is 54.3 Å². The van der Waals surface area contributed by atoms with Crippen molar-refractivity contribution < 1.29 is 50.2 Å². The van der Waals surface area contributed by atoms with Crippen molar-refractivity contribution in [2.24, 2.45) is 0 Å². The fraction of sp³-hybridized carbons (Fsp3) is 0.267. The number of rotatable bonds is 6. The van der Waals surface area contributed by atoms with Gasteiger partial charge in [0.05, 0.1) is 32.6 Å². The normalized spacial score (nSPS) is 12.4. The zero-order valence-electron chi connectivity index (χ0n) is 16.7. The van der Waals surface area contributed by atoms with Crippen LogP contribution in [0.3, 0.4) is 0 Å². The molecule has 1 atom stereocenters. The second-order valence-electron chi connectivity index (χ2n) is 5.87. The van der Waals surface area contributed by atoms with Crippen LogP contribution >= 0.6 is 31.5 Å². The molecule has 0 aliphatic rings. The van der Waals surface area contributed by atoms with Crippen LogP contribution in [0.25, 0.3) is 0 Å². The lowest BCUT2D eigenvalue weighted by molar-refractivity contribution is -0.392. The zero-order valence-corrected chi connectivity index (χ0v) is 19.2. The smallest absolute Gasteiger partial charge is 0.328 e. The SMILES string of the molecule is CCO[PH](=O)O.O=[N+]([O-])c1cc(C(F)(F)F)c(Cl)c([N+](=O)[O-])c1Nc1ncc(C(F)(F)F)cc1Cl. The monoisotopic (exact) mass is 574 g/mol. The van der Waals surface area contributed by atoms with E-state index >= 15 is 0 Å². The van der Waals surface area contributed by atoms with Crippen molar-refractivity contribution in [2.45, 2.75) is 19.3 Å². The first-order chi connectivity index (χ1) is 15.9. The number of nitrogens with zero attached hydrogens (tertiary/aromatic N) is 3. The molecule has 20 heteroatoms. The minimum Gasteiger partial charge on any atom is -0.328 e. The Balaban J connectivity index is 0.000000905. The van der Waals surface area contributed by atoms with Crippen molar-refractivity contribution in [3.63, 3.8) is 0 Å². The minimum absolute atomic E-state index is 0.0599. The fourth-order valence-corrected chi connectivity index (χ4v) is 2.99. The third kappa shape index (κ3) is 8.17. The van der Waals surface area contributed by atoms with Gasteiger partial charge in [-0.25, -0.2) is 4.98 Å². The molecule has 0 spiro atoms. The van der Waals surface area contributed by atoms with Crippen molar-refractivity contribution in [3.8, 4) is 0 Å². The number of aromatic nitrogens is 1. The summed E-state index contributed by atoms with van der Waals surface area (Å²) < 4.78 is 90.7. The van der Waals surface area contributed by atoms with Crippen molar-refractivity contribution in [1.29, 1.82) is 0 Å². The molecule has 1 unspecified atom stereocenters. The fourth-order valence-electron chi connectivity index (χ4n) is 2.20. The molecule has 1 heterocycles. The molecule has 35 heavy (non-hydrogen) atoms. The van der Waals surface area contributed by atoms with Gasteiger partial charge in [-0.2, -0.15) is 26.3 Å². The van der Waals surface area contributed by atoms with Gasteiger partial charge in [0.25, 0.3) is 0 Å². The van der Waals surface area contributed by atoms with Gasteiger partial charge >= 0.3 is 32.0 Å². The second-order valence-corrected chi connectivity index (χ2v) is 7.47. The van der Waals surface area contributed by atoms with Crippen LogP contribution in [-0.4, -0.2) is 26.3 Å². The Morgan fingerprint density at radius 2 is 1.69 bits per heavy atom. The summed E-state index contributed by atoms with van der Waals surface area (Å²) in [7, 11) is -2.64. The number of hydrogen-bond acceptors (Lipinski definition) is 8. The number of pyridine rings is 1. The molecule has 0 amide bonds. The maximum absolute atomic E-state index is 13.0. The van der Waals surface area contributed by atoms with E-state index in [0.29, 0.717) is 12.7 Å². The van der Waals surface area contributed by atoms with E-state index in [9.17, 15) is 51.1 Å². The highest BCUT2D eigenvalue weighted by molar-refractivity contribution is 7.32. The molecule has 0 saturated heterocycles. The van der Waals surface area contributed by atoms with E-state index in [1.54, 1.807) is 6.92 Å². The molecule has 1 aromatic heterocycles. The molecular weight excluding hydrogens is 564 g/mol. The van der Waals surface area contributed by atoms with Crippen molar-refractivity contribution in [3.05, 3.63) is 59.7 Å². The van der Waals surface area contributed by atoms with Gasteiger partial charge in [-0.1, -0.05) is 23.2 Å². The molecule has 0 bridgehead atoms. The van der Waals surface area contributed by atoms with E-state index in [0.717, 1.165) is 0 Å². The van der Waals surface area contributed by atoms with E-state index in [4.69, 9.17) is 28.1 Å². The lowest BCUT2D eigenvalue weighted by Gasteiger charge is -2.14. The predicted molar refractivity (Wildman–Crippen MR) is 110 cm³/mol. The van der Waals surface area contributed by atoms with E-state index in [-0.39, 0.29) is 12.3 Å². The lowest BCUT2D eigenvalue weighted by atomic mass is 10.1. The lowest BCUT2D eigenvalue weighted by Crippen LogP contribution is -2.12. The molecule has 194 valence electrons. The maximum atomic E-state index is 13.0. The molecule has 0 aliphatic heterocycles. The summed E-state index contributed by atoms with van der Waals surface area (Å²) in [6.07, 6.45) is -9.85. The predicted octanol–water partition coefficient (Wildman–Crippen LogP) is 6.39. The highest BCUT2D eigenvalue weighted by Gasteiger charge is 2.42. The Bertz CT molecular complexity index is 1150. The standard InChI is InChI=1S/C13H4Cl2F6N4O4.C2H7O3P/c14-6-1-4(12(16,17)18)3-22-11(6)23-9-7(24(26)27)2-5(13(19,20)21)8(15)10(9)25(28)29;1-2-5-6(3)4/h1-3H,(H,22,23);6H,2H2,1H3,(H,3,4). The third-order valence-corrected chi connectivity index (χ3v) is 4.79. The second kappa shape index (κ2) is 11.8. The summed E-state index contributed by atoms with van der Waals surface area (Å²) in [6.45, 7) is 1.98. The molecule has 0 saturated carbocycles. The zero-order chi connectivity index (χ0) is 27.3. The van der Waals surface area contributed by atoms with Gasteiger partial charge < -0.3 is 14.7 Å². The molecule has 2 rings (SSSR count). The number of nitro benzene ring substituents is 2. The van der Waals surface area contributed by atoms with Crippen LogP contribution in [-0.2, 0) is 21.4 Å². The quantitative estimate of drug-likeness (QED) is 0.172. The third-order valence-electron chi connectivity index (χ3n) is 3.58. The first-order valence-electron chi connectivity index (χ1n) is 8.49. The van der Waals surface area contributed by atoms with Crippen LogP contribution in [0, 0.1) is 20.2 Å². The number of alkyl halides is 6. The van der Waals surface area contributed by atoms with Gasteiger partial charge in [0.1, 0.15) is 10.8 Å². The molecule has 0 fully saturated rings. The largest absolute Gasteiger partial charge is 0.418 e. The van der Waals surface area contributed by atoms with Crippen LogP contribution in [0.5, 0.6) is 0 Å². The highest BCUT2D eigenvalue weighted by Crippen LogP contribution is 2.48. The summed E-state index contributed by atoms with van der Waals surface area (Å²) in [5.41, 5.74) is -7.26. The number of benzene rings is 1. The van der Waals surface area contributed by atoms with E-state index in [1.807, 2.05) is 5.32 Å². The number of anilines is 2. The molecule has 11 nitrogen and oxygen atoms in total. The van der Waals surface area contributed by atoms with Crippen molar-refractivity contribution in [1.82, 2.24) is 4.98 Å². The number of halogens is 8. The first kappa shape index (κ1) is 30.3. The Kier molecular flexibility index (Phi) is 10.2. The van der Waals surface area contributed by atoms with Gasteiger partial charge in [0.2, 0.25) is 0 Å². The molecule has 1 aromatic carbocycles. The van der Waals surface area contributed by atoms with E-state index < -0.39 is 74.5 Å². The summed E-state index contributed by atoms with van der Waals surface area (Å²) in [6, 6.07) is 0.301. The van der Waals surface area contributed by atoms with Crippen LogP contribution in [0.1, 0.15) is 18.1 Å². The van der Waals surface area contributed by atoms with E-state index in [2.05, 4.69) is 9.51 Å². The number of nitrogens with one attached hydrogen (secondary N) is 1. The van der Waals surface area contributed by atoms with Gasteiger partial charge in [0.15, 0.2) is 5.69 Å². The van der Waals surface area contributed by atoms with Crippen LogP contribution in [0.2, 0.25) is 10.0 Å². The van der Waals surface area contributed by atoms with Gasteiger partial charge in [-0.3, -0.25) is 24.8 Å². The Labute approximate surface area is 200 Å². The van der Waals surface area contributed by atoms with Crippen LogP contribution < -0.4 is 5.32 Å². The Hall–Kier alpha value is -2.72. The number of nitro groups is 2. The van der Waals surface area contributed by atoms with E-state index in [1.165, 1.54) is 0 Å². The van der Waals surface area contributed by atoms with Gasteiger partial charge in [0, 0.05) is 12.3 Å². The average molecular weight is 575 g/mol. The first-order valence-corrected chi connectivity index (χ1v) is 10.5.